The number of aliphatic hydroxyl groups excluding tert-OH is 1. The fourth-order valence-corrected chi connectivity index (χ4v) is 2.26. The SMILES string of the molecule is CCC(CC)(CO)CNC(=O)c1ccc(C)c(Br)c1. The Morgan fingerprint density at radius 1 is 1.37 bits per heavy atom. The number of rotatable bonds is 6. The number of aliphatic hydroxyl groups is 1. The van der Waals surface area contributed by atoms with Gasteiger partial charge in [0.1, 0.15) is 0 Å². The third-order valence-corrected chi connectivity index (χ3v) is 4.75. The number of halogens is 1. The van der Waals surface area contributed by atoms with Crippen LogP contribution in [0.25, 0.3) is 0 Å². The van der Waals surface area contributed by atoms with E-state index < -0.39 is 0 Å². The van der Waals surface area contributed by atoms with E-state index >= 15 is 0 Å². The van der Waals surface area contributed by atoms with Crippen molar-refractivity contribution in [1.82, 2.24) is 5.32 Å². The molecule has 0 radical (unpaired) electrons. The minimum Gasteiger partial charge on any atom is -0.396 e. The minimum atomic E-state index is -0.211. The quantitative estimate of drug-likeness (QED) is 0.842. The van der Waals surface area contributed by atoms with Gasteiger partial charge in [-0.2, -0.15) is 0 Å². The summed E-state index contributed by atoms with van der Waals surface area (Å²) >= 11 is 3.43. The van der Waals surface area contributed by atoms with Crippen LogP contribution in [0.2, 0.25) is 0 Å². The number of carbonyl (C=O) groups is 1. The highest BCUT2D eigenvalue weighted by Gasteiger charge is 2.25. The van der Waals surface area contributed by atoms with E-state index in [4.69, 9.17) is 0 Å². The fourth-order valence-electron chi connectivity index (χ4n) is 1.88. The van der Waals surface area contributed by atoms with E-state index in [0.29, 0.717) is 12.1 Å². The van der Waals surface area contributed by atoms with Gasteiger partial charge < -0.3 is 10.4 Å². The molecule has 0 bridgehead atoms. The van der Waals surface area contributed by atoms with Crippen LogP contribution in [-0.4, -0.2) is 24.2 Å². The average Bonchev–Trinajstić information content (AvgIpc) is 2.43. The van der Waals surface area contributed by atoms with Gasteiger partial charge in [0.15, 0.2) is 0 Å². The minimum absolute atomic E-state index is 0.0951. The number of benzene rings is 1. The molecule has 0 saturated carbocycles. The van der Waals surface area contributed by atoms with Gasteiger partial charge in [-0.25, -0.2) is 0 Å². The molecular weight excluding hydrogens is 306 g/mol. The number of amides is 1. The van der Waals surface area contributed by atoms with E-state index in [1.54, 1.807) is 0 Å². The summed E-state index contributed by atoms with van der Waals surface area (Å²) in [5.41, 5.74) is 1.53. The number of hydrogen-bond donors (Lipinski definition) is 2. The van der Waals surface area contributed by atoms with Crippen LogP contribution in [0.1, 0.15) is 42.6 Å². The molecule has 0 saturated heterocycles. The molecule has 1 aromatic rings. The Kier molecular flexibility index (Phi) is 6.01. The van der Waals surface area contributed by atoms with Gasteiger partial charge in [-0.15, -0.1) is 0 Å². The predicted octanol–water partition coefficient (Wildman–Crippen LogP) is 3.29. The zero-order valence-electron chi connectivity index (χ0n) is 11.8. The van der Waals surface area contributed by atoms with Gasteiger partial charge in [0.25, 0.3) is 5.91 Å². The van der Waals surface area contributed by atoms with Crippen LogP contribution in [0.3, 0.4) is 0 Å². The number of aryl methyl sites for hydroxylation is 1. The molecule has 0 fully saturated rings. The summed E-state index contributed by atoms with van der Waals surface area (Å²) in [6, 6.07) is 5.55. The van der Waals surface area contributed by atoms with Crippen molar-refractivity contribution >= 4 is 21.8 Å². The van der Waals surface area contributed by atoms with Crippen LogP contribution < -0.4 is 5.32 Å². The maximum Gasteiger partial charge on any atom is 0.251 e. The zero-order valence-corrected chi connectivity index (χ0v) is 13.4. The molecule has 0 aliphatic carbocycles. The van der Waals surface area contributed by atoms with Gasteiger partial charge in [0, 0.05) is 22.0 Å². The first-order valence-corrected chi connectivity index (χ1v) is 7.42. The molecule has 1 aromatic carbocycles. The van der Waals surface area contributed by atoms with E-state index in [0.717, 1.165) is 22.9 Å². The standard InChI is InChI=1S/C15H22BrNO2/c1-4-15(5-2,10-18)9-17-14(19)12-7-6-11(3)13(16)8-12/h6-8,18H,4-5,9-10H2,1-3H3,(H,17,19). The molecule has 1 amide bonds. The Labute approximate surface area is 123 Å². The van der Waals surface area contributed by atoms with Gasteiger partial charge >= 0.3 is 0 Å². The highest BCUT2D eigenvalue weighted by Crippen LogP contribution is 2.24. The normalized spacial score (nSPS) is 11.4. The van der Waals surface area contributed by atoms with Gasteiger partial charge in [-0.3, -0.25) is 4.79 Å². The lowest BCUT2D eigenvalue weighted by molar-refractivity contribution is 0.0851. The molecule has 0 spiro atoms. The molecule has 0 aliphatic rings. The average molecular weight is 328 g/mol. The van der Waals surface area contributed by atoms with E-state index in [-0.39, 0.29) is 17.9 Å². The van der Waals surface area contributed by atoms with Crippen LogP contribution in [0.4, 0.5) is 0 Å². The second-order valence-corrected chi connectivity index (χ2v) is 5.87. The highest BCUT2D eigenvalue weighted by molar-refractivity contribution is 9.10. The van der Waals surface area contributed by atoms with Crippen molar-refractivity contribution in [2.75, 3.05) is 13.2 Å². The van der Waals surface area contributed by atoms with Crippen molar-refractivity contribution in [1.29, 1.82) is 0 Å². The number of carbonyl (C=O) groups excluding carboxylic acids is 1. The van der Waals surface area contributed by atoms with Gasteiger partial charge in [0.05, 0.1) is 6.61 Å². The van der Waals surface area contributed by atoms with Crippen LogP contribution in [0.5, 0.6) is 0 Å². The van der Waals surface area contributed by atoms with Crippen molar-refractivity contribution in [2.45, 2.75) is 33.6 Å². The third kappa shape index (κ3) is 4.05. The van der Waals surface area contributed by atoms with Crippen LogP contribution in [0, 0.1) is 12.3 Å². The molecule has 0 unspecified atom stereocenters. The number of hydrogen-bond acceptors (Lipinski definition) is 2. The second kappa shape index (κ2) is 7.06. The summed E-state index contributed by atoms with van der Waals surface area (Å²) < 4.78 is 0.930. The molecular formula is C15H22BrNO2. The monoisotopic (exact) mass is 327 g/mol. The summed E-state index contributed by atoms with van der Waals surface area (Å²) in [5, 5.41) is 12.4. The van der Waals surface area contributed by atoms with E-state index in [2.05, 4.69) is 21.2 Å². The first kappa shape index (κ1) is 16.2. The Balaban J connectivity index is 2.72. The molecule has 0 atom stereocenters. The first-order chi connectivity index (χ1) is 8.98. The fraction of sp³-hybridized carbons (Fsp3) is 0.533. The van der Waals surface area contributed by atoms with Gasteiger partial charge in [0.2, 0.25) is 0 Å². The summed E-state index contributed by atoms with van der Waals surface area (Å²) in [6.07, 6.45) is 1.69. The molecule has 1 rings (SSSR count). The number of nitrogens with one attached hydrogen (secondary N) is 1. The summed E-state index contributed by atoms with van der Waals surface area (Å²) in [4.78, 5) is 12.1. The second-order valence-electron chi connectivity index (χ2n) is 5.01. The lowest BCUT2D eigenvalue weighted by atomic mass is 9.83. The summed E-state index contributed by atoms with van der Waals surface area (Å²) in [5.74, 6) is -0.0968. The summed E-state index contributed by atoms with van der Waals surface area (Å²) in [6.45, 7) is 6.65. The Bertz CT molecular complexity index is 434. The lowest BCUT2D eigenvalue weighted by Crippen LogP contribution is -2.39. The molecule has 2 N–H and O–H groups in total. The zero-order chi connectivity index (χ0) is 14.5. The Morgan fingerprint density at radius 3 is 2.47 bits per heavy atom. The largest absolute Gasteiger partial charge is 0.396 e. The highest BCUT2D eigenvalue weighted by atomic mass is 79.9. The molecule has 19 heavy (non-hydrogen) atoms. The Hall–Kier alpha value is -0.870. The first-order valence-electron chi connectivity index (χ1n) is 6.63. The topological polar surface area (TPSA) is 49.3 Å². The van der Waals surface area contributed by atoms with Crippen LogP contribution in [-0.2, 0) is 0 Å². The Morgan fingerprint density at radius 2 is 2.00 bits per heavy atom. The van der Waals surface area contributed by atoms with E-state index in [1.165, 1.54) is 0 Å². The maximum atomic E-state index is 12.1. The molecule has 0 aromatic heterocycles. The van der Waals surface area contributed by atoms with Crippen LogP contribution in [0.15, 0.2) is 22.7 Å². The van der Waals surface area contributed by atoms with Gasteiger partial charge in [-0.05, 0) is 37.5 Å². The van der Waals surface area contributed by atoms with Gasteiger partial charge in [-0.1, -0.05) is 35.8 Å². The maximum absolute atomic E-state index is 12.1. The van der Waals surface area contributed by atoms with Crippen molar-refractivity contribution in [3.63, 3.8) is 0 Å². The van der Waals surface area contributed by atoms with Crippen molar-refractivity contribution in [2.24, 2.45) is 5.41 Å². The molecule has 4 heteroatoms. The molecule has 0 aliphatic heterocycles. The third-order valence-electron chi connectivity index (χ3n) is 3.89. The smallest absolute Gasteiger partial charge is 0.251 e. The van der Waals surface area contributed by atoms with Crippen molar-refractivity contribution in [3.8, 4) is 0 Å². The van der Waals surface area contributed by atoms with Crippen LogP contribution >= 0.6 is 15.9 Å². The molecule has 106 valence electrons. The molecule has 0 heterocycles. The predicted molar refractivity (Wildman–Crippen MR) is 81.3 cm³/mol. The summed E-state index contributed by atoms with van der Waals surface area (Å²) in [7, 11) is 0. The van der Waals surface area contributed by atoms with E-state index in [1.807, 2.05) is 39.0 Å². The van der Waals surface area contributed by atoms with Crippen molar-refractivity contribution in [3.05, 3.63) is 33.8 Å². The molecule has 3 nitrogen and oxygen atoms in total. The lowest BCUT2D eigenvalue weighted by Gasteiger charge is -2.29. The van der Waals surface area contributed by atoms with E-state index in [9.17, 15) is 9.90 Å². The van der Waals surface area contributed by atoms with Crippen molar-refractivity contribution < 1.29 is 9.90 Å².